The SMILES string of the molecule is OCC(NC1CCCCC1)c1cc(Cl)cc(Cl)c1. The lowest BCUT2D eigenvalue weighted by atomic mass is 9.94. The molecule has 0 saturated heterocycles. The van der Waals surface area contributed by atoms with Crippen LogP contribution in [0.1, 0.15) is 43.7 Å². The van der Waals surface area contributed by atoms with E-state index in [-0.39, 0.29) is 12.6 Å². The van der Waals surface area contributed by atoms with Crippen molar-refractivity contribution >= 4 is 23.2 Å². The molecule has 4 heteroatoms. The maximum atomic E-state index is 9.54. The molecule has 1 aromatic rings. The quantitative estimate of drug-likeness (QED) is 0.879. The molecule has 18 heavy (non-hydrogen) atoms. The molecule has 0 aromatic heterocycles. The highest BCUT2D eigenvalue weighted by Gasteiger charge is 2.19. The first kappa shape index (κ1) is 14.1. The fourth-order valence-electron chi connectivity index (χ4n) is 2.58. The van der Waals surface area contributed by atoms with Gasteiger partial charge >= 0.3 is 0 Å². The first-order valence-corrected chi connectivity index (χ1v) is 7.27. The van der Waals surface area contributed by atoms with Crippen LogP contribution in [0.3, 0.4) is 0 Å². The number of hydrogen-bond acceptors (Lipinski definition) is 2. The van der Waals surface area contributed by atoms with E-state index in [9.17, 15) is 5.11 Å². The lowest BCUT2D eigenvalue weighted by Crippen LogP contribution is -2.36. The van der Waals surface area contributed by atoms with Gasteiger partial charge in [0, 0.05) is 16.1 Å². The third kappa shape index (κ3) is 3.86. The minimum atomic E-state index is -0.0794. The van der Waals surface area contributed by atoms with Gasteiger partial charge in [-0.1, -0.05) is 42.5 Å². The van der Waals surface area contributed by atoms with Crippen LogP contribution < -0.4 is 5.32 Å². The zero-order chi connectivity index (χ0) is 13.0. The topological polar surface area (TPSA) is 32.3 Å². The molecule has 2 rings (SSSR count). The summed E-state index contributed by atoms with van der Waals surface area (Å²) in [5.74, 6) is 0. The zero-order valence-electron chi connectivity index (χ0n) is 10.3. The van der Waals surface area contributed by atoms with Gasteiger partial charge in [0.05, 0.1) is 12.6 Å². The van der Waals surface area contributed by atoms with Crippen LogP contribution in [0.4, 0.5) is 0 Å². The molecule has 100 valence electrons. The fraction of sp³-hybridized carbons (Fsp3) is 0.571. The minimum absolute atomic E-state index is 0.0627. The summed E-state index contributed by atoms with van der Waals surface area (Å²) in [6.45, 7) is 0.0627. The number of aliphatic hydroxyl groups is 1. The Bertz CT molecular complexity index is 371. The van der Waals surface area contributed by atoms with E-state index in [0.29, 0.717) is 16.1 Å². The number of halogens is 2. The smallest absolute Gasteiger partial charge is 0.0626 e. The van der Waals surface area contributed by atoms with E-state index in [2.05, 4.69) is 5.32 Å². The molecule has 0 spiro atoms. The zero-order valence-corrected chi connectivity index (χ0v) is 11.8. The van der Waals surface area contributed by atoms with E-state index in [1.807, 2.05) is 12.1 Å². The van der Waals surface area contributed by atoms with Gasteiger partial charge in [-0.05, 0) is 36.6 Å². The lowest BCUT2D eigenvalue weighted by Gasteiger charge is -2.28. The van der Waals surface area contributed by atoms with Gasteiger partial charge in [-0.3, -0.25) is 0 Å². The van der Waals surface area contributed by atoms with E-state index >= 15 is 0 Å². The molecule has 2 N–H and O–H groups in total. The van der Waals surface area contributed by atoms with Crippen molar-refractivity contribution in [3.8, 4) is 0 Å². The van der Waals surface area contributed by atoms with Crippen LogP contribution in [0.5, 0.6) is 0 Å². The van der Waals surface area contributed by atoms with E-state index < -0.39 is 0 Å². The molecule has 1 aliphatic rings. The summed E-state index contributed by atoms with van der Waals surface area (Å²) in [6, 6.07) is 5.86. The fourth-order valence-corrected chi connectivity index (χ4v) is 3.13. The van der Waals surface area contributed by atoms with Gasteiger partial charge in [0.25, 0.3) is 0 Å². The van der Waals surface area contributed by atoms with Crippen molar-refractivity contribution in [2.75, 3.05) is 6.61 Å². The second-order valence-corrected chi connectivity index (χ2v) is 5.81. The van der Waals surface area contributed by atoms with Gasteiger partial charge < -0.3 is 10.4 Å². The molecule has 1 aromatic carbocycles. The van der Waals surface area contributed by atoms with Crippen LogP contribution in [0.25, 0.3) is 0 Å². The average Bonchev–Trinajstić information content (AvgIpc) is 2.36. The molecule has 1 aliphatic carbocycles. The summed E-state index contributed by atoms with van der Waals surface area (Å²) >= 11 is 12.0. The van der Waals surface area contributed by atoms with Crippen LogP contribution in [-0.2, 0) is 0 Å². The number of aliphatic hydroxyl groups excluding tert-OH is 1. The van der Waals surface area contributed by atoms with E-state index in [4.69, 9.17) is 23.2 Å². The van der Waals surface area contributed by atoms with Crippen molar-refractivity contribution < 1.29 is 5.11 Å². The Morgan fingerprint density at radius 3 is 2.28 bits per heavy atom. The molecule has 0 bridgehead atoms. The Balaban J connectivity index is 2.06. The van der Waals surface area contributed by atoms with Gasteiger partial charge in [-0.25, -0.2) is 0 Å². The van der Waals surface area contributed by atoms with Crippen molar-refractivity contribution in [2.24, 2.45) is 0 Å². The first-order valence-electron chi connectivity index (χ1n) is 6.52. The third-order valence-electron chi connectivity index (χ3n) is 3.51. The summed E-state index contributed by atoms with van der Waals surface area (Å²) in [5, 5.41) is 14.3. The van der Waals surface area contributed by atoms with Crippen LogP contribution >= 0.6 is 23.2 Å². The molecule has 0 radical (unpaired) electrons. The molecule has 1 unspecified atom stereocenters. The summed E-state index contributed by atoms with van der Waals surface area (Å²) in [5.41, 5.74) is 0.959. The van der Waals surface area contributed by atoms with Crippen molar-refractivity contribution in [2.45, 2.75) is 44.2 Å². The second-order valence-electron chi connectivity index (χ2n) is 4.94. The van der Waals surface area contributed by atoms with E-state index in [0.717, 1.165) is 5.56 Å². The number of hydrogen-bond donors (Lipinski definition) is 2. The molecular formula is C14H19Cl2NO. The number of nitrogens with one attached hydrogen (secondary N) is 1. The Labute approximate surface area is 118 Å². The molecule has 0 heterocycles. The van der Waals surface area contributed by atoms with Crippen LogP contribution in [0.2, 0.25) is 10.0 Å². The molecular weight excluding hydrogens is 269 g/mol. The highest BCUT2D eigenvalue weighted by atomic mass is 35.5. The molecule has 0 amide bonds. The predicted molar refractivity (Wildman–Crippen MR) is 76.3 cm³/mol. The summed E-state index contributed by atoms with van der Waals surface area (Å²) in [4.78, 5) is 0. The number of benzene rings is 1. The van der Waals surface area contributed by atoms with Crippen molar-refractivity contribution in [3.63, 3.8) is 0 Å². The van der Waals surface area contributed by atoms with Gasteiger partial charge in [0.1, 0.15) is 0 Å². The summed E-state index contributed by atoms with van der Waals surface area (Å²) in [6.07, 6.45) is 6.23. The van der Waals surface area contributed by atoms with Crippen LogP contribution in [-0.4, -0.2) is 17.8 Å². The maximum absolute atomic E-state index is 9.54. The monoisotopic (exact) mass is 287 g/mol. The average molecular weight is 288 g/mol. The maximum Gasteiger partial charge on any atom is 0.0626 e. The second kappa shape index (κ2) is 6.76. The summed E-state index contributed by atoms with van der Waals surface area (Å²) < 4.78 is 0. The Kier molecular flexibility index (Phi) is 5.31. The van der Waals surface area contributed by atoms with Crippen LogP contribution in [0.15, 0.2) is 18.2 Å². The van der Waals surface area contributed by atoms with Crippen LogP contribution in [0, 0.1) is 0 Å². The van der Waals surface area contributed by atoms with Crippen molar-refractivity contribution in [1.29, 1.82) is 0 Å². The van der Waals surface area contributed by atoms with Gasteiger partial charge in [-0.2, -0.15) is 0 Å². The Morgan fingerprint density at radius 2 is 1.72 bits per heavy atom. The van der Waals surface area contributed by atoms with E-state index in [1.165, 1.54) is 32.1 Å². The highest BCUT2D eigenvalue weighted by Crippen LogP contribution is 2.26. The largest absolute Gasteiger partial charge is 0.394 e. The van der Waals surface area contributed by atoms with E-state index in [1.54, 1.807) is 6.07 Å². The third-order valence-corrected chi connectivity index (χ3v) is 3.95. The molecule has 1 fully saturated rings. The van der Waals surface area contributed by atoms with Gasteiger partial charge in [0.15, 0.2) is 0 Å². The first-order chi connectivity index (χ1) is 8.69. The standard InChI is InChI=1S/C14H19Cl2NO/c15-11-6-10(7-12(16)8-11)14(9-18)17-13-4-2-1-3-5-13/h6-8,13-14,17-18H,1-5,9H2. The predicted octanol–water partition coefficient (Wildman–Crippen LogP) is 3.95. The van der Waals surface area contributed by atoms with Crippen molar-refractivity contribution in [3.05, 3.63) is 33.8 Å². The normalized spacial score (nSPS) is 18.8. The molecule has 1 atom stereocenters. The number of rotatable bonds is 4. The Morgan fingerprint density at radius 1 is 1.11 bits per heavy atom. The minimum Gasteiger partial charge on any atom is -0.394 e. The lowest BCUT2D eigenvalue weighted by molar-refractivity contribution is 0.220. The highest BCUT2D eigenvalue weighted by molar-refractivity contribution is 6.34. The van der Waals surface area contributed by atoms with Gasteiger partial charge in [0.2, 0.25) is 0 Å². The molecule has 0 aliphatic heterocycles. The van der Waals surface area contributed by atoms with Gasteiger partial charge in [-0.15, -0.1) is 0 Å². The Hall–Kier alpha value is -0.280. The molecule has 2 nitrogen and oxygen atoms in total. The summed E-state index contributed by atoms with van der Waals surface area (Å²) in [7, 11) is 0. The molecule has 1 saturated carbocycles. The van der Waals surface area contributed by atoms with Crippen molar-refractivity contribution in [1.82, 2.24) is 5.32 Å².